The van der Waals surface area contributed by atoms with Gasteiger partial charge in [-0.05, 0) is 12.5 Å². The molecule has 2 heteroatoms. The zero-order chi connectivity index (χ0) is 8.97. The Labute approximate surface area is 72.1 Å². The molecule has 0 aromatic heterocycles. The second-order valence-corrected chi connectivity index (χ2v) is 2.77. The molecule has 0 aliphatic carbocycles. The van der Waals surface area contributed by atoms with Crippen molar-refractivity contribution in [2.24, 2.45) is 0 Å². The van der Waals surface area contributed by atoms with Crippen molar-refractivity contribution in [1.29, 1.82) is 5.26 Å². The zero-order valence-electron chi connectivity index (χ0n) is 6.99. The van der Waals surface area contributed by atoms with Gasteiger partial charge < -0.3 is 5.11 Å². The van der Waals surface area contributed by atoms with E-state index < -0.39 is 0 Å². The van der Waals surface area contributed by atoms with Gasteiger partial charge in [0.25, 0.3) is 0 Å². The van der Waals surface area contributed by atoms with E-state index in [1.54, 1.807) is 0 Å². The van der Waals surface area contributed by atoms with E-state index in [2.05, 4.69) is 0 Å². The van der Waals surface area contributed by atoms with Gasteiger partial charge in [-0.1, -0.05) is 29.8 Å². The number of benzene rings is 1. The fraction of sp³-hybridized carbons (Fsp3) is 0.300. The average Bonchev–Trinajstić information content (AvgIpc) is 2.10. The molecule has 0 spiro atoms. The van der Waals surface area contributed by atoms with Gasteiger partial charge in [-0.25, -0.2) is 0 Å². The molecular weight excluding hydrogens is 150 g/mol. The first-order chi connectivity index (χ1) is 5.77. The summed E-state index contributed by atoms with van der Waals surface area (Å²) in [5.41, 5.74) is 2.04. The highest BCUT2D eigenvalue weighted by molar-refractivity contribution is 5.28. The Kier molecular flexibility index (Phi) is 2.84. The first kappa shape index (κ1) is 8.76. The molecule has 1 unspecified atom stereocenters. The van der Waals surface area contributed by atoms with E-state index in [1.807, 2.05) is 37.3 Å². The predicted molar refractivity (Wildman–Crippen MR) is 46.6 cm³/mol. The lowest BCUT2D eigenvalue weighted by Crippen LogP contribution is -2.00. The van der Waals surface area contributed by atoms with Crippen molar-refractivity contribution in [1.82, 2.24) is 0 Å². The van der Waals surface area contributed by atoms with Gasteiger partial charge in [0.2, 0.25) is 0 Å². The lowest BCUT2D eigenvalue weighted by molar-refractivity contribution is 0.286. The Morgan fingerprint density at radius 3 is 2.42 bits per heavy atom. The SMILES string of the molecule is Cc1ccc(C(C#N)CO)cc1. The molecule has 1 aromatic carbocycles. The molecular formula is C10H11NO. The van der Waals surface area contributed by atoms with Crippen LogP contribution in [0.3, 0.4) is 0 Å². The number of hydrogen-bond acceptors (Lipinski definition) is 2. The van der Waals surface area contributed by atoms with E-state index in [9.17, 15) is 0 Å². The third-order valence-corrected chi connectivity index (χ3v) is 1.82. The largest absolute Gasteiger partial charge is 0.395 e. The minimum Gasteiger partial charge on any atom is -0.395 e. The standard InChI is InChI=1S/C10H11NO/c1-8-2-4-9(5-3-8)10(6-11)7-12/h2-5,10,12H,7H2,1H3. The number of nitrogens with zero attached hydrogens (tertiary/aromatic N) is 1. The highest BCUT2D eigenvalue weighted by Gasteiger charge is 2.07. The lowest BCUT2D eigenvalue weighted by atomic mass is 10.0. The van der Waals surface area contributed by atoms with E-state index in [0.29, 0.717) is 0 Å². The first-order valence-corrected chi connectivity index (χ1v) is 3.85. The third-order valence-electron chi connectivity index (χ3n) is 1.82. The fourth-order valence-corrected chi connectivity index (χ4v) is 1.02. The Bertz CT molecular complexity index is 284. The maximum Gasteiger partial charge on any atom is 0.0943 e. The van der Waals surface area contributed by atoms with Crippen LogP contribution >= 0.6 is 0 Å². The summed E-state index contributed by atoms with van der Waals surface area (Å²) in [6, 6.07) is 9.67. The van der Waals surface area contributed by atoms with Crippen LogP contribution in [0.1, 0.15) is 17.0 Å². The molecule has 0 bridgehead atoms. The quantitative estimate of drug-likeness (QED) is 0.715. The molecule has 0 saturated carbocycles. The summed E-state index contributed by atoms with van der Waals surface area (Å²) in [5.74, 6) is -0.384. The van der Waals surface area contributed by atoms with E-state index >= 15 is 0 Å². The minimum absolute atomic E-state index is 0.112. The van der Waals surface area contributed by atoms with Gasteiger partial charge >= 0.3 is 0 Å². The second kappa shape index (κ2) is 3.89. The molecule has 0 amide bonds. The second-order valence-electron chi connectivity index (χ2n) is 2.77. The predicted octanol–water partition coefficient (Wildman–Crippen LogP) is 1.59. The molecule has 0 fully saturated rings. The molecule has 1 aromatic rings. The van der Waals surface area contributed by atoms with E-state index in [1.165, 1.54) is 0 Å². The van der Waals surface area contributed by atoms with Crippen molar-refractivity contribution in [3.8, 4) is 6.07 Å². The molecule has 1 N–H and O–H groups in total. The highest BCUT2D eigenvalue weighted by atomic mass is 16.3. The molecule has 0 radical (unpaired) electrons. The molecule has 12 heavy (non-hydrogen) atoms. The highest BCUT2D eigenvalue weighted by Crippen LogP contribution is 2.14. The lowest BCUT2D eigenvalue weighted by Gasteiger charge is -2.04. The number of aliphatic hydroxyl groups is 1. The summed E-state index contributed by atoms with van der Waals surface area (Å²) in [6.07, 6.45) is 0. The van der Waals surface area contributed by atoms with Crippen LogP contribution in [0, 0.1) is 18.3 Å². The van der Waals surface area contributed by atoms with Crippen molar-refractivity contribution in [2.75, 3.05) is 6.61 Å². The molecule has 0 aliphatic rings. The third kappa shape index (κ3) is 1.84. The van der Waals surface area contributed by atoms with E-state index in [4.69, 9.17) is 10.4 Å². The Morgan fingerprint density at radius 2 is 2.00 bits per heavy atom. The van der Waals surface area contributed by atoms with Crippen molar-refractivity contribution >= 4 is 0 Å². The Balaban J connectivity index is 2.89. The molecule has 0 heterocycles. The normalized spacial score (nSPS) is 12.1. The van der Waals surface area contributed by atoms with Crippen LogP contribution in [0.5, 0.6) is 0 Å². The van der Waals surface area contributed by atoms with Gasteiger partial charge in [0.15, 0.2) is 0 Å². The summed E-state index contributed by atoms with van der Waals surface area (Å²) < 4.78 is 0. The van der Waals surface area contributed by atoms with Crippen LogP contribution < -0.4 is 0 Å². The summed E-state index contributed by atoms with van der Waals surface area (Å²) in [7, 11) is 0. The molecule has 2 nitrogen and oxygen atoms in total. The van der Waals surface area contributed by atoms with E-state index in [-0.39, 0.29) is 12.5 Å². The summed E-state index contributed by atoms with van der Waals surface area (Å²) in [5, 5.41) is 17.5. The number of rotatable bonds is 2. The number of nitriles is 1. The van der Waals surface area contributed by atoms with Crippen molar-refractivity contribution in [3.63, 3.8) is 0 Å². The van der Waals surface area contributed by atoms with Gasteiger partial charge in [-0.3, -0.25) is 0 Å². The molecule has 0 aliphatic heterocycles. The zero-order valence-corrected chi connectivity index (χ0v) is 6.99. The van der Waals surface area contributed by atoms with Crippen LogP contribution in [0.2, 0.25) is 0 Å². The van der Waals surface area contributed by atoms with Crippen LogP contribution in [0.25, 0.3) is 0 Å². The number of aliphatic hydroxyl groups excluding tert-OH is 1. The van der Waals surface area contributed by atoms with Gasteiger partial charge in [-0.2, -0.15) is 5.26 Å². The summed E-state index contributed by atoms with van der Waals surface area (Å²) >= 11 is 0. The van der Waals surface area contributed by atoms with Crippen LogP contribution in [0.4, 0.5) is 0 Å². The van der Waals surface area contributed by atoms with Crippen molar-refractivity contribution < 1.29 is 5.11 Å². The van der Waals surface area contributed by atoms with Crippen LogP contribution in [-0.4, -0.2) is 11.7 Å². The maximum atomic E-state index is 8.83. The maximum absolute atomic E-state index is 8.83. The molecule has 1 rings (SSSR count). The smallest absolute Gasteiger partial charge is 0.0943 e. The van der Waals surface area contributed by atoms with Crippen molar-refractivity contribution in [2.45, 2.75) is 12.8 Å². The molecule has 62 valence electrons. The monoisotopic (exact) mass is 161 g/mol. The van der Waals surface area contributed by atoms with Crippen LogP contribution in [-0.2, 0) is 0 Å². The van der Waals surface area contributed by atoms with Gasteiger partial charge in [0.1, 0.15) is 0 Å². The van der Waals surface area contributed by atoms with E-state index in [0.717, 1.165) is 11.1 Å². The Morgan fingerprint density at radius 1 is 1.42 bits per heavy atom. The molecule has 1 atom stereocenters. The van der Waals surface area contributed by atoms with Crippen molar-refractivity contribution in [3.05, 3.63) is 35.4 Å². The van der Waals surface area contributed by atoms with Gasteiger partial charge in [0, 0.05) is 0 Å². The fourth-order valence-electron chi connectivity index (χ4n) is 1.02. The Hall–Kier alpha value is -1.33. The number of hydrogen-bond donors (Lipinski definition) is 1. The summed E-state index contributed by atoms with van der Waals surface area (Å²) in [4.78, 5) is 0. The number of aryl methyl sites for hydroxylation is 1. The first-order valence-electron chi connectivity index (χ1n) is 3.85. The average molecular weight is 161 g/mol. The summed E-state index contributed by atoms with van der Waals surface area (Å²) in [6.45, 7) is 1.88. The van der Waals surface area contributed by atoms with Gasteiger partial charge in [0.05, 0.1) is 18.6 Å². The molecule has 0 saturated heterocycles. The van der Waals surface area contributed by atoms with Gasteiger partial charge in [-0.15, -0.1) is 0 Å². The minimum atomic E-state index is -0.384. The van der Waals surface area contributed by atoms with Crippen LogP contribution in [0.15, 0.2) is 24.3 Å². The topological polar surface area (TPSA) is 44.0 Å².